The number of amides is 1. The van der Waals surface area contributed by atoms with Gasteiger partial charge in [0.2, 0.25) is 0 Å². The molecule has 6 heteroatoms. The summed E-state index contributed by atoms with van der Waals surface area (Å²) in [4.78, 5) is 10.5. The van der Waals surface area contributed by atoms with Crippen molar-refractivity contribution in [3.05, 3.63) is 23.8 Å². The van der Waals surface area contributed by atoms with Crippen LogP contribution in [0.2, 0.25) is 0 Å². The Morgan fingerprint density at radius 3 is 2.88 bits per heavy atom. The van der Waals surface area contributed by atoms with E-state index in [1.165, 1.54) is 13.3 Å². The minimum absolute atomic E-state index is 0.218. The fourth-order valence-corrected chi connectivity index (χ4v) is 1.10. The Morgan fingerprint density at radius 1 is 1.56 bits per heavy atom. The second kappa shape index (κ2) is 5.59. The van der Waals surface area contributed by atoms with E-state index in [9.17, 15) is 4.79 Å². The fraction of sp³-hybridized carbons (Fsp3) is 0.200. The molecule has 16 heavy (non-hydrogen) atoms. The molecule has 0 aliphatic heterocycles. The highest BCUT2D eigenvalue weighted by Gasteiger charge is 2.06. The topological polar surface area (TPSA) is 94.1 Å². The summed E-state index contributed by atoms with van der Waals surface area (Å²) < 4.78 is 10.2. The molecule has 0 fully saturated rings. The van der Waals surface area contributed by atoms with Crippen molar-refractivity contribution in [2.45, 2.75) is 0 Å². The Kier molecular flexibility index (Phi) is 4.14. The molecular weight excluding hydrogens is 212 g/mol. The van der Waals surface area contributed by atoms with Crippen LogP contribution in [0.5, 0.6) is 11.5 Å². The Balaban J connectivity index is 2.88. The Bertz CT molecular complexity index is 404. The van der Waals surface area contributed by atoms with Gasteiger partial charge in [-0.25, -0.2) is 0 Å². The fourth-order valence-electron chi connectivity index (χ4n) is 1.10. The minimum atomic E-state index is -0.567. The monoisotopic (exact) mass is 224 g/mol. The van der Waals surface area contributed by atoms with Crippen LogP contribution in [0, 0.1) is 0 Å². The molecule has 1 aromatic carbocycles. The molecule has 0 aliphatic carbocycles. The zero-order valence-electron chi connectivity index (χ0n) is 8.71. The third-order valence-electron chi connectivity index (χ3n) is 1.76. The van der Waals surface area contributed by atoms with E-state index in [0.717, 1.165) is 0 Å². The largest absolute Gasteiger partial charge is 0.493 e. The lowest BCUT2D eigenvalue weighted by molar-refractivity contribution is -0.119. The van der Waals surface area contributed by atoms with Gasteiger partial charge in [-0.05, 0) is 18.2 Å². The third-order valence-corrected chi connectivity index (χ3v) is 1.76. The number of nitrogens with two attached hydrogens (primary N) is 1. The highest BCUT2D eigenvalue weighted by Crippen LogP contribution is 2.27. The average molecular weight is 224 g/mol. The molecule has 1 rings (SSSR count). The predicted octanol–water partition coefficient (Wildman–Crippen LogP) is 0.367. The Labute approximate surface area is 92.3 Å². The summed E-state index contributed by atoms with van der Waals surface area (Å²) in [7, 11) is 1.46. The first-order valence-corrected chi connectivity index (χ1v) is 4.44. The number of methoxy groups -OCH3 is 1. The maximum absolute atomic E-state index is 10.5. The second-order valence-corrected chi connectivity index (χ2v) is 2.91. The van der Waals surface area contributed by atoms with Crippen molar-refractivity contribution in [2.75, 3.05) is 13.7 Å². The number of ether oxygens (including phenoxy) is 2. The highest BCUT2D eigenvalue weighted by atomic mass is 16.5. The van der Waals surface area contributed by atoms with Crippen LogP contribution in [0.3, 0.4) is 0 Å². The van der Waals surface area contributed by atoms with Crippen LogP contribution >= 0.6 is 0 Å². The summed E-state index contributed by atoms with van der Waals surface area (Å²) in [6, 6.07) is 4.85. The summed E-state index contributed by atoms with van der Waals surface area (Å²) in [6.07, 6.45) is 1.25. The van der Waals surface area contributed by atoms with Crippen molar-refractivity contribution >= 4 is 12.1 Å². The van der Waals surface area contributed by atoms with Crippen LogP contribution in [-0.2, 0) is 4.79 Å². The molecule has 0 radical (unpaired) electrons. The molecule has 1 amide bonds. The number of carbonyl (C=O) groups is 1. The molecule has 0 aliphatic rings. The lowest BCUT2D eigenvalue weighted by Crippen LogP contribution is -2.20. The van der Waals surface area contributed by atoms with E-state index in [2.05, 4.69) is 5.16 Å². The normalized spacial score (nSPS) is 10.3. The standard InChI is InChI=1S/C10H12N2O4/c1-15-9-4-7(5-12-14)2-3-8(9)16-6-10(11)13/h2-5,14H,6H2,1H3,(H2,11,13)/b12-5+. The zero-order valence-corrected chi connectivity index (χ0v) is 8.71. The van der Waals surface area contributed by atoms with Gasteiger partial charge in [-0.3, -0.25) is 4.79 Å². The van der Waals surface area contributed by atoms with Crippen molar-refractivity contribution < 1.29 is 19.5 Å². The molecule has 3 N–H and O–H groups in total. The van der Waals surface area contributed by atoms with Crippen LogP contribution in [0.15, 0.2) is 23.4 Å². The molecule has 0 bridgehead atoms. The van der Waals surface area contributed by atoms with E-state index in [4.69, 9.17) is 20.4 Å². The molecule has 0 spiro atoms. The van der Waals surface area contributed by atoms with E-state index in [1.807, 2.05) is 0 Å². The zero-order chi connectivity index (χ0) is 12.0. The number of nitrogens with zero attached hydrogens (tertiary/aromatic N) is 1. The number of primary amides is 1. The van der Waals surface area contributed by atoms with Gasteiger partial charge in [0.25, 0.3) is 5.91 Å². The maximum Gasteiger partial charge on any atom is 0.255 e. The van der Waals surface area contributed by atoms with E-state index >= 15 is 0 Å². The number of benzene rings is 1. The van der Waals surface area contributed by atoms with E-state index in [-0.39, 0.29) is 6.61 Å². The number of carbonyl (C=O) groups excluding carboxylic acids is 1. The first-order valence-electron chi connectivity index (χ1n) is 4.44. The van der Waals surface area contributed by atoms with Gasteiger partial charge in [-0.2, -0.15) is 0 Å². The van der Waals surface area contributed by atoms with Crippen molar-refractivity contribution in [3.63, 3.8) is 0 Å². The van der Waals surface area contributed by atoms with Crippen molar-refractivity contribution in [3.8, 4) is 11.5 Å². The first-order chi connectivity index (χ1) is 7.67. The molecule has 0 saturated carbocycles. The Hall–Kier alpha value is -2.24. The second-order valence-electron chi connectivity index (χ2n) is 2.91. The molecule has 0 unspecified atom stereocenters. The predicted molar refractivity (Wildman–Crippen MR) is 57.1 cm³/mol. The number of rotatable bonds is 5. The van der Waals surface area contributed by atoms with Crippen LogP contribution < -0.4 is 15.2 Å². The average Bonchev–Trinajstić information content (AvgIpc) is 2.27. The maximum atomic E-state index is 10.5. The molecule has 86 valence electrons. The lowest BCUT2D eigenvalue weighted by Gasteiger charge is -2.09. The van der Waals surface area contributed by atoms with Gasteiger partial charge in [-0.15, -0.1) is 0 Å². The SMILES string of the molecule is COc1cc(/C=N/O)ccc1OCC(N)=O. The van der Waals surface area contributed by atoms with Crippen LogP contribution in [-0.4, -0.2) is 31.0 Å². The van der Waals surface area contributed by atoms with E-state index in [0.29, 0.717) is 17.1 Å². The first kappa shape index (κ1) is 11.8. The molecule has 0 aromatic heterocycles. The van der Waals surface area contributed by atoms with Crippen molar-refractivity contribution in [2.24, 2.45) is 10.9 Å². The van der Waals surface area contributed by atoms with E-state index in [1.54, 1.807) is 18.2 Å². The van der Waals surface area contributed by atoms with Crippen molar-refractivity contribution in [1.29, 1.82) is 0 Å². The van der Waals surface area contributed by atoms with Crippen LogP contribution in [0.4, 0.5) is 0 Å². The molecule has 6 nitrogen and oxygen atoms in total. The summed E-state index contributed by atoms with van der Waals surface area (Å²) in [6.45, 7) is -0.218. The molecule has 0 saturated heterocycles. The van der Waals surface area contributed by atoms with Crippen LogP contribution in [0.1, 0.15) is 5.56 Å². The van der Waals surface area contributed by atoms with Gasteiger partial charge in [0, 0.05) is 5.56 Å². The Morgan fingerprint density at radius 2 is 2.31 bits per heavy atom. The van der Waals surface area contributed by atoms with E-state index < -0.39 is 5.91 Å². The van der Waals surface area contributed by atoms with Crippen LogP contribution in [0.25, 0.3) is 0 Å². The number of oxime groups is 1. The van der Waals surface area contributed by atoms with Gasteiger partial charge in [0.15, 0.2) is 18.1 Å². The van der Waals surface area contributed by atoms with Crippen molar-refractivity contribution in [1.82, 2.24) is 0 Å². The van der Waals surface area contributed by atoms with Gasteiger partial charge in [0.05, 0.1) is 13.3 Å². The van der Waals surface area contributed by atoms with Gasteiger partial charge >= 0.3 is 0 Å². The molecular formula is C10H12N2O4. The summed E-state index contributed by atoms with van der Waals surface area (Å²) in [5.74, 6) is 0.262. The van der Waals surface area contributed by atoms with Gasteiger partial charge in [-0.1, -0.05) is 5.16 Å². The molecule has 0 heterocycles. The molecule has 0 atom stereocenters. The highest BCUT2D eigenvalue weighted by molar-refractivity contribution is 5.80. The molecule has 1 aromatic rings. The minimum Gasteiger partial charge on any atom is -0.493 e. The lowest BCUT2D eigenvalue weighted by atomic mass is 10.2. The number of hydrogen-bond donors (Lipinski definition) is 2. The summed E-state index contributed by atoms with van der Waals surface area (Å²) in [5, 5.41) is 11.3. The smallest absolute Gasteiger partial charge is 0.255 e. The summed E-state index contributed by atoms with van der Waals surface area (Å²) in [5.41, 5.74) is 5.59. The van der Waals surface area contributed by atoms with Gasteiger partial charge in [0.1, 0.15) is 0 Å². The quantitative estimate of drug-likeness (QED) is 0.429. The van der Waals surface area contributed by atoms with Gasteiger partial charge < -0.3 is 20.4 Å². The number of hydrogen-bond acceptors (Lipinski definition) is 5. The third kappa shape index (κ3) is 3.16. The summed E-state index contributed by atoms with van der Waals surface area (Å²) >= 11 is 0.